The monoisotopic (exact) mass is 425 g/mol. The summed E-state index contributed by atoms with van der Waals surface area (Å²) in [4.78, 5) is 31.6. The Hall–Kier alpha value is -1.38. The van der Waals surface area contributed by atoms with Gasteiger partial charge in [0.05, 0.1) is 13.2 Å². The molecule has 3 amide bonds. The predicted octanol–water partition coefficient (Wildman–Crippen LogP) is 1.37. The molecule has 0 spiro atoms. The highest BCUT2D eigenvalue weighted by Crippen LogP contribution is 2.18. The zero-order valence-corrected chi connectivity index (χ0v) is 19.5. The normalized spacial score (nSPS) is 19.2. The average Bonchev–Trinajstić information content (AvgIpc) is 2.78. The van der Waals surface area contributed by atoms with Crippen LogP contribution in [0.25, 0.3) is 0 Å². The topological polar surface area (TPSA) is 77.2 Å². The third-order valence-electron chi connectivity index (χ3n) is 6.54. The number of carbonyl (C=O) groups excluding carboxylic acids is 2. The summed E-state index contributed by atoms with van der Waals surface area (Å²) in [6.07, 6.45) is 2.46. The zero-order chi connectivity index (χ0) is 22.0. The highest BCUT2D eigenvalue weighted by molar-refractivity contribution is 5.79. The lowest BCUT2D eigenvalue weighted by Gasteiger charge is -2.41. The molecule has 0 aromatic heterocycles. The molecule has 0 aromatic rings. The van der Waals surface area contributed by atoms with Crippen LogP contribution in [0.3, 0.4) is 0 Å². The maximum Gasteiger partial charge on any atom is 0.317 e. The molecule has 2 rings (SSSR count). The number of carbonyl (C=O) groups is 2. The molecule has 0 unspecified atom stereocenters. The molecule has 174 valence electrons. The number of hydrogen-bond donors (Lipinski definition) is 2. The molecule has 2 heterocycles. The van der Waals surface area contributed by atoms with E-state index in [2.05, 4.69) is 48.1 Å². The number of urea groups is 1. The zero-order valence-electron chi connectivity index (χ0n) is 19.5. The highest BCUT2D eigenvalue weighted by atomic mass is 16.5. The Labute approximate surface area is 182 Å². The molecule has 2 saturated heterocycles. The van der Waals surface area contributed by atoms with Gasteiger partial charge < -0.3 is 25.2 Å². The minimum absolute atomic E-state index is 0.0191. The number of ether oxygens (including phenoxy) is 1. The number of nitrogens with zero attached hydrogens (tertiary/aromatic N) is 3. The van der Waals surface area contributed by atoms with E-state index in [9.17, 15) is 9.59 Å². The fraction of sp³-hybridized carbons (Fsp3) is 0.909. The van der Waals surface area contributed by atoms with Gasteiger partial charge in [0.2, 0.25) is 5.91 Å². The van der Waals surface area contributed by atoms with Gasteiger partial charge in [0.25, 0.3) is 0 Å². The van der Waals surface area contributed by atoms with Crippen LogP contribution in [0.2, 0.25) is 0 Å². The number of rotatable bonds is 10. The Balaban J connectivity index is 1.64. The van der Waals surface area contributed by atoms with Crippen LogP contribution < -0.4 is 10.6 Å². The van der Waals surface area contributed by atoms with Crippen LogP contribution in [-0.2, 0) is 9.53 Å². The molecule has 0 atom stereocenters. The van der Waals surface area contributed by atoms with E-state index in [0.29, 0.717) is 19.6 Å². The van der Waals surface area contributed by atoms with Crippen LogP contribution in [0.15, 0.2) is 0 Å². The van der Waals surface area contributed by atoms with E-state index in [4.69, 9.17) is 4.74 Å². The lowest BCUT2D eigenvalue weighted by Crippen LogP contribution is -2.57. The maximum atomic E-state index is 12.6. The van der Waals surface area contributed by atoms with Crippen molar-refractivity contribution in [3.05, 3.63) is 0 Å². The average molecular weight is 426 g/mol. The van der Waals surface area contributed by atoms with Crippen molar-refractivity contribution in [2.24, 2.45) is 5.92 Å². The van der Waals surface area contributed by atoms with E-state index in [-0.39, 0.29) is 23.4 Å². The third-order valence-corrected chi connectivity index (χ3v) is 6.54. The van der Waals surface area contributed by atoms with E-state index >= 15 is 0 Å². The summed E-state index contributed by atoms with van der Waals surface area (Å²) < 4.78 is 5.42. The van der Waals surface area contributed by atoms with Crippen molar-refractivity contribution in [1.29, 1.82) is 0 Å². The molecule has 30 heavy (non-hydrogen) atoms. The summed E-state index contributed by atoms with van der Waals surface area (Å²) in [5, 5.41) is 6.18. The molecular formula is C22H43N5O3. The second-order valence-electron chi connectivity index (χ2n) is 9.00. The summed E-state index contributed by atoms with van der Waals surface area (Å²) >= 11 is 0. The predicted molar refractivity (Wildman–Crippen MR) is 120 cm³/mol. The molecule has 0 saturated carbocycles. The Morgan fingerprint density at radius 1 is 1.03 bits per heavy atom. The first-order valence-electron chi connectivity index (χ1n) is 11.7. The van der Waals surface area contributed by atoms with Crippen molar-refractivity contribution in [2.75, 3.05) is 72.1 Å². The van der Waals surface area contributed by atoms with Crippen LogP contribution >= 0.6 is 0 Å². The van der Waals surface area contributed by atoms with Crippen LogP contribution in [0.5, 0.6) is 0 Å². The Bertz CT molecular complexity index is 525. The van der Waals surface area contributed by atoms with E-state index in [1.807, 2.05) is 4.90 Å². The van der Waals surface area contributed by atoms with Gasteiger partial charge in [-0.1, -0.05) is 13.8 Å². The Kier molecular flexibility index (Phi) is 10.3. The first-order chi connectivity index (χ1) is 14.4. The Morgan fingerprint density at radius 3 is 2.27 bits per heavy atom. The van der Waals surface area contributed by atoms with Crippen molar-refractivity contribution >= 4 is 11.9 Å². The summed E-state index contributed by atoms with van der Waals surface area (Å²) in [7, 11) is 0. The molecule has 2 aliphatic heterocycles. The molecule has 0 aliphatic carbocycles. The number of amides is 3. The second kappa shape index (κ2) is 12.5. The lowest BCUT2D eigenvalue weighted by atomic mass is 9.96. The maximum absolute atomic E-state index is 12.6. The third kappa shape index (κ3) is 7.71. The second-order valence-corrected chi connectivity index (χ2v) is 9.00. The summed E-state index contributed by atoms with van der Waals surface area (Å²) in [6.45, 7) is 17.7. The molecule has 0 bridgehead atoms. The van der Waals surface area contributed by atoms with Gasteiger partial charge >= 0.3 is 6.03 Å². The van der Waals surface area contributed by atoms with E-state index in [0.717, 1.165) is 71.7 Å². The fourth-order valence-corrected chi connectivity index (χ4v) is 4.23. The van der Waals surface area contributed by atoms with Crippen molar-refractivity contribution in [3.63, 3.8) is 0 Å². The van der Waals surface area contributed by atoms with Crippen LogP contribution in [0.4, 0.5) is 4.79 Å². The summed E-state index contributed by atoms with van der Waals surface area (Å²) in [6, 6.07) is -0.0191. The summed E-state index contributed by atoms with van der Waals surface area (Å²) in [5.74, 6) is 0.162. The Morgan fingerprint density at radius 2 is 1.67 bits per heavy atom. The van der Waals surface area contributed by atoms with Crippen molar-refractivity contribution in [2.45, 2.75) is 52.5 Å². The number of hydrogen-bond acceptors (Lipinski definition) is 5. The van der Waals surface area contributed by atoms with Gasteiger partial charge in [-0.15, -0.1) is 0 Å². The first-order valence-corrected chi connectivity index (χ1v) is 11.7. The van der Waals surface area contributed by atoms with Gasteiger partial charge in [-0.05, 0) is 52.7 Å². The number of piperidine rings is 1. The van der Waals surface area contributed by atoms with E-state index in [1.165, 1.54) is 0 Å². The molecule has 8 heteroatoms. The highest BCUT2D eigenvalue weighted by Gasteiger charge is 2.31. The van der Waals surface area contributed by atoms with E-state index < -0.39 is 0 Å². The van der Waals surface area contributed by atoms with Crippen molar-refractivity contribution in [1.82, 2.24) is 25.3 Å². The molecule has 2 aliphatic rings. The first kappa shape index (κ1) is 24.9. The molecule has 8 nitrogen and oxygen atoms in total. The number of likely N-dealkylation sites (tertiary alicyclic amines) is 1. The molecule has 0 aromatic carbocycles. The van der Waals surface area contributed by atoms with Gasteiger partial charge in [-0.25, -0.2) is 4.79 Å². The van der Waals surface area contributed by atoms with Gasteiger partial charge in [-0.2, -0.15) is 0 Å². The quantitative estimate of drug-likeness (QED) is 0.517. The van der Waals surface area contributed by atoms with Crippen molar-refractivity contribution in [3.8, 4) is 0 Å². The van der Waals surface area contributed by atoms with Crippen LogP contribution in [0.1, 0.15) is 47.0 Å². The SMILES string of the molecule is CCN(CC)CCCNC(=O)C1CCN(C(=O)NCC(C)(C)N2CCOCC2)CC1. The van der Waals surface area contributed by atoms with Gasteiger partial charge in [-0.3, -0.25) is 9.69 Å². The van der Waals surface area contributed by atoms with Crippen LogP contribution in [0, 0.1) is 5.92 Å². The van der Waals surface area contributed by atoms with Gasteiger partial charge in [0.15, 0.2) is 0 Å². The van der Waals surface area contributed by atoms with Gasteiger partial charge in [0, 0.05) is 50.7 Å². The van der Waals surface area contributed by atoms with Gasteiger partial charge in [0.1, 0.15) is 0 Å². The fourth-order valence-electron chi connectivity index (χ4n) is 4.23. The number of nitrogens with one attached hydrogen (secondary N) is 2. The lowest BCUT2D eigenvalue weighted by molar-refractivity contribution is -0.126. The molecular weight excluding hydrogens is 382 g/mol. The minimum Gasteiger partial charge on any atom is -0.379 e. The molecule has 2 fully saturated rings. The molecule has 2 N–H and O–H groups in total. The van der Waals surface area contributed by atoms with Crippen molar-refractivity contribution < 1.29 is 14.3 Å². The number of morpholine rings is 1. The largest absolute Gasteiger partial charge is 0.379 e. The molecule has 0 radical (unpaired) electrons. The standard InChI is InChI=1S/C22H43N5O3/c1-5-25(6-2)11-7-10-23-20(28)19-8-12-26(13-9-19)21(29)24-18-22(3,4)27-14-16-30-17-15-27/h19H,5-18H2,1-4H3,(H,23,28)(H,24,29). The smallest absolute Gasteiger partial charge is 0.317 e. The summed E-state index contributed by atoms with van der Waals surface area (Å²) in [5.41, 5.74) is -0.0945. The van der Waals surface area contributed by atoms with Crippen LogP contribution in [-0.4, -0.2) is 104 Å². The van der Waals surface area contributed by atoms with E-state index in [1.54, 1.807) is 0 Å². The minimum atomic E-state index is -0.0945.